The summed E-state index contributed by atoms with van der Waals surface area (Å²) in [5, 5.41) is 16.0. The van der Waals surface area contributed by atoms with Gasteiger partial charge in [0.05, 0.1) is 22.4 Å². The van der Waals surface area contributed by atoms with E-state index in [-0.39, 0.29) is 0 Å². The van der Waals surface area contributed by atoms with Crippen molar-refractivity contribution < 1.29 is 9.47 Å². The number of ether oxygens (including phenoxy) is 2. The average Bonchev–Trinajstić information content (AvgIpc) is 3.48. The number of benzene rings is 3. The van der Waals surface area contributed by atoms with Crippen molar-refractivity contribution in [3.8, 4) is 11.5 Å². The van der Waals surface area contributed by atoms with Gasteiger partial charge in [0.15, 0.2) is 17.3 Å². The van der Waals surface area contributed by atoms with Gasteiger partial charge in [0, 0.05) is 10.8 Å². The Morgan fingerprint density at radius 1 is 0.649 bits per heavy atom. The number of aromatic amines is 1. The van der Waals surface area contributed by atoms with Crippen molar-refractivity contribution in [2.45, 2.75) is 13.2 Å². The van der Waals surface area contributed by atoms with E-state index in [2.05, 4.69) is 32.8 Å². The van der Waals surface area contributed by atoms with Gasteiger partial charge in [-0.05, 0) is 58.5 Å². The molecule has 0 aliphatic rings. The SMILES string of the molecule is C(=C\c1nnn[nH]1)/c1ccc(OCc2ccc3ccccc3n2)c(OCc2ccc3ccccc3n2)c1. The molecule has 6 aromatic rings. The van der Waals surface area contributed by atoms with Crippen molar-refractivity contribution in [3.63, 3.8) is 0 Å². The van der Waals surface area contributed by atoms with Gasteiger partial charge in [-0.15, -0.1) is 5.10 Å². The first-order chi connectivity index (χ1) is 18.3. The van der Waals surface area contributed by atoms with Gasteiger partial charge in [-0.3, -0.25) is 0 Å². The molecule has 180 valence electrons. The zero-order chi connectivity index (χ0) is 24.9. The van der Waals surface area contributed by atoms with Crippen molar-refractivity contribution in [1.82, 2.24) is 30.6 Å². The van der Waals surface area contributed by atoms with Crippen molar-refractivity contribution in [2.24, 2.45) is 0 Å². The molecule has 3 aromatic heterocycles. The van der Waals surface area contributed by atoms with Crippen LogP contribution in [0.3, 0.4) is 0 Å². The lowest BCUT2D eigenvalue weighted by Crippen LogP contribution is -2.03. The maximum Gasteiger partial charge on any atom is 0.172 e. The molecule has 0 saturated carbocycles. The third kappa shape index (κ3) is 5.28. The molecule has 0 atom stereocenters. The summed E-state index contributed by atoms with van der Waals surface area (Å²) >= 11 is 0. The highest BCUT2D eigenvalue weighted by Gasteiger charge is 2.09. The number of nitrogens with zero attached hydrogens (tertiary/aromatic N) is 5. The van der Waals surface area contributed by atoms with Crippen LogP contribution in [-0.2, 0) is 13.2 Å². The molecule has 0 spiro atoms. The minimum Gasteiger partial charge on any atom is -0.483 e. The number of hydrogen-bond donors (Lipinski definition) is 1. The highest BCUT2D eigenvalue weighted by atomic mass is 16.5. The van der Waals surface area contributed by atoms with Crippen LogP contribution in [0.25, 0.3) is 34.0 Å². The molecule has 0 aliphatic heterocycles. The number of para-hydroxylation sites is 2. The van der Waals surface area contributed by atoms with E-state index < -0.39 is 0 Å². The summed E-state index contributed by atoms with van der Waals surface area (Å²) in [6.07, 6.45) is 3.70. The van der Waals surface area contributed by atoms with Gasteiger partial charge in [-0.25, -0.2) is 15.1 Å². The summed E-state index contributed by atoms with van der Waals surface area (Å²) in [5.74, 6) is 1.79. The zero-order valence-electron chi connectivity index (χ0n) is 19.8. The molecule has 8 nitrogen and oxygen atoms in total. The molecule has 37 heavy (non-hydrogen) atoms. The summed E-state index contributed by atoms with van der Waals surface area (Å²) in [5.41, 5.74) is 4.44. The number of pyridine rings is 2. The number of tetrazole rings is 1. The van der Waals surface area contributed by atoms with Gasteiger partial charge < -0.3 is 9.47 Å². The third-order valence-corrected chi connectivity index (χ3v) is 5.83. The lowest BCUT2D eigenvalue weighted by molar-refractivity contribution is 0.252. The van der Waals surface area contributed by atoms with Crippen LogP contribution in [0.15, 0.2) is 91.0 Å². The number of hydrogen-bond acceptors (Lipinski definition) is 7. The molecule has 8 heteroatoms. The van der Waals surface area contributed by atoms with Crippen molar-refractivity contribution >= 4 is 34.0 Å². The highest BCUT2D eigenvalue weighted by Crippen LogP contribution is 2.31. The Morgan fingerprint density at radius 3 is 1.95 bits per heavy atom. The second-order valence-corrected chi connectivity index (χ2v) is 8.39. The topological polar surface area (TPSA) is 98.7 Å². The van der Waals surface area contributed by atoms with Gasteiger partial charge in [0.1, 0.15) is 13.2 Å². The number of aromatic nitrogens is 6. The fourth-order valence-electron chi connectivity index (χ4n) is 3.95. The molecule has 3 aromatic carbocycles. The highest BCUT2D eigenvalue weighted by molar-refractivity contribution is 5.79. The first-order valence-electron chi connectivity index (χ1n) is 11.8. The van der Waals surface area contributed by atoms with Gasteiger partial charge >= 0.3 is 0 Å². The van der Waals surface area contributed by atoms with E-state index in [4.69, 9.17) is 19.4 Å². The summed E-state index contributed by atoms with van der Waals surface area (Å²) in [6.45, 7) is 0.614. The van der Waals surface area contributed by atoms with E-state index in [1.165, 1.54) is 0 Å². The first kappa shape index (κ1) is 22.4. The fourth-order valence-corrected chi connectivity index (χ4v) is 3.95. The van der Waals surface area contributed by atoms with E-state index in [9.17, 15) is 0 Å². The Morgan fingerprint density at radius 2 is 1.30 bits per heavy atom. The third-order valence-electron chi connectivity index (χ3n) is 5.83. The lowest BCUT2D eigenvalue weighted by atomic mass is 10.2. The van der Waals surface area contributed by atoms with Crippen LogP contribution in [-0.4, -0.2) is 30.6 Å². The van der Waals surface area contributed by atoms with E-state index in [1.54, 1.807) is 6.08 Å². The van der Waals surface area contributed by atoms with Gasteiger partial charge in [0.2, 0.25) is 0 Å². The molecule has 0 saturated heterocycles. The number of fused-ring (bicyclic) bond motifs is 2. The van der Waals surface area contributed by atoms with E-state index in [1.807, 2.05) is 84.9 Å². The van der Waals surface area contributed by atoms with Gasteiger partial charge in [0.25, 0.3) is 0 Å². The van der Waals surface area contributed by atoms with Crippen molar-refractivity contribution in [3.05, 3.63) is 114 Å². The smallest absolute Gasteiger partial charge is 0.172 e. The largest absolute Gasteiger partial charge is 0.483 e. The molecule has 0 aliphatic carbocycles. The molecule has 0 amide bonds. The molecule has 0 unspecified atom stereocenters. The second kappa shape index (κ2) is 10.2. The maximum atomic E-state index is 6.22. The Balaban J connectivity index is 1.24. The van der Waals surface area contributed by atoms with E-state index >= 15 is 0 Å². The quantitative estimate of drug-likeness (QED) is 0.298. The minimum atomic E-state index is 0.300. The lowest BCUT2D eigenvalue weighted by Gasteiger charge is -2.14. The summed E-state index contributed by atoms with van der Waals surface area (Å²) in [4.78, 5) is 9.43. The maximum absolute atomic E-state index is 6.22. The first-order valence-corrected chi connectivity index (χ1v) is 11.8. The van der Waals surface area contributed by atoms with Crippen molar-refractivity contribution in [2.75, 3.05) is 0 Å². The number of rotatable bonds is 8. The van der Waals surface area contributed by atoms with Gasteiger partial charge in [-0.2, -0.15) is 0 Å². The predicted molar refractivity (Wildman–Crippen MR) is 142 cm³/mol. The van der Waals surface area contributed by atoms with Crippen LogP contribution in [0, 0.1) is 0 Å². The second-order valence-electron chi connectivity index (χ2n) is 8.39. The average molecular weight is 487 g/mol. The molecular weight excluding hydrogens is 464 g/mol. The molecule has 3 heterocycles. The fraction of sp³-hybridized carbons (Fsp3) is 0.0690. The van der Waals surface area contributed by atoms with Crippen LogP contribution in [0.4, 0.5) is 0 Å². The van der Waals surface area contributed by atoms with Crippen LogP contribution in [0.5, 0.6) is 11.5 Å². The Labute approximate surface area is 212 Å². The number of nitrogens with one attached hydrogen (secondary N) is 1. The summed E-state index contributed by atoms with van der Waals surface area (Å²) < 4.78 is 12.4. The van der Waals surface area contributed by atoms with Crippen molar-refractivity contribution in [1.29, 1.82) is 0 Å². The normalized spacial score (nSPS) is 11.4. The minimum absolute atomic E-state index is 0.300. The van der Waals surface area contributed by atoms with Crippen LogP contribution in [0.2, 0.25) is 0 Å². The zero-order valence-corrected chi connectivity index (χ0v) is 19.8. The Hall–Kier alpha value is -5.11. The number of H-pyrrole nitrogens is 1. The van der Waals surface area contributed by atoms with E-state index in [0.29, 0.717) is 30.5 Å². The molecule has 0 radical (unpaired) electrons. The molecular formula is C29H22N6O2. The van der Waals surface area contributed by atoms with Gasteiger partial charge in [-0.1, -0.05) is 60.7 Å². The van der Waals surface area contributed by atoms with Crippen LogP contribution in [0.1, 0.15) is 22.8 Å². The summed E-state index contributed by atoms with van der Waals surface area (Å²) in [6, 6.07) is 29.9. The summed E-state index contributed by atoms with van der Waals surface area (Å²) in [7, 11) is 0. The van der Waals surface area contributed by atoms with E-state index in [0.717, 1.165) is 38.8 Å². The Kier molecular flexibility index (Phi) is 6.19. The Bertz CT molecular complexity index is 1700. The molecule has 0 fully saturated rings. The standard InChI is InChI=1S/C29H22N6O2/c1-3-7-25-21(5-1)11-13-23(30-25)18-36-27-15-9-20(10-16-29-32-34-35-33-29)17-28(27)37-19-24-14-12-22-6-2-4-8-26(22)31-24/h1-17H,18-19H2,(H,32,33,34,35)/b16-10+. The van der Waals surface area contributed by atoms with Crippen LogP contribution >= 0.6 is 0 Å². The predicted octanol–water partition coefficient (Wildman–Crippen LogP) is 5.62. The molecule has 6 rings (SSSR count). The van der Waals surface area contributed by atoms with Crippen LogP contribution < -0.4 is 9.47 Å². The monoisotopic (exact) mass is 486 g/mol. The molecule has 1 N–H and O–H groups in total. The molecule has 0 bridgehead atoms.